The van der Waals surface area contributed by atoms with Crippen molar-refractivity contribution < 1.29 is 9.59 Å². The highest BCUT2D eigenvalue weighted by molar-refractivity contribution is 7.14. The number of nitroso groups, excluding NO2 is 1. The van der Waals surface area contributed by atoms with Crippen LogP contribution in [0.4, 0.5) is 5.69 Å². The van der Waals surface area contributed by atoms with Gasteiger partial charge in [-0.1, -0.05) is 20.8 Å². The molecule has 1 aromatic rings. The summed E-state index contributed by atoms with van der Waals surface area (Å²) in [5, 5.41) is 2.47. The maximum atomic E-state index is 11.6. The first-order valence-electron chi connectivity index (χ1n) is 5.98. The molecule has 0 radical (unpaired) electrons. The number of hydrogen-bond acceptors (Lipinski definition) is 4. The lowest BCUT2D eigenvalue weighted by molar-refractivity contribution is -0.107. The van der Waals surface area contributed by atoms with Crippen molar-refractivity contribution in [3.05, 3.63) is 20.7 Å². The number of anilines is 1. The second kappa shape index (κ2) is 5.61. The molecule has 104 valence electrons. The highest BCUT2D eigenvalue weighted by Crippen LogP contribution is 2.37. The molecule has 0 saturated carbocycles. The minimum atomic E-state index is -0.831. The van der Waals surface area contributed by atoms with Crippen LogP contribution in [-0.4, -0.2) is 18.4 Å². The van der Waals surface area contributed by atoms with Gasteiger partial charge in [-0.05, 0) is 25.3 Å². The van der Waals surface area contributed by atoms with Crippen LogP contribution in [-0.2, 0) is 10.2 Å². The lowest BCUT2D eigenvalue weighted by Crippen LogP contribution is -2.29. The van der Waals surface area contributed by atoms with Gasteiger partial charge in [0.05, 0.1) is 5.69 Å². The number of nitrogens with zero attached hydrogens (tertiary/aromatic N) is 2. The third kappa shape index (κ3) is 3.26. The smallest absolute Gasteiger partial charge is 0.311 e. The largest absolute Gasteiger partial charge is 0.328 e. The van der Waals surface area contributed by atoms with E-state index in [4.69, 9.17) is 0 Å². The molecule has 0 aliphatic rings. The van der Waals surface area contributed by atoms with Crippen LogP contribution in [0.5, 0.6) is 0 Å². The minimum Gasteiger partial charge on any atom is -0.311 e. The Morgan fingerprint density at radius 3 is 2.37 bits per heavy atom. The fraction of sp³-hybridized carbons (Fsp3) is 0.538. The molecule has 1 heterocycles. The Kier molecular flexibility index (Phi) is 4.57. The molecule has 19 heavy (non-hydrogen) atoms. The summed E-state index contributed by atoms with van der Waals surface area (Å²) in [6, 6.07) is 1.69. The van der Waals surface area contributed by atoms with E-state index in [1.807, 2.05) is 34.6 Å². The Labute approximate surface area is 116 Å². The van der Waals surface area contributed by atoms with Crippen LogP contribution in [0.1, 0.15) is 49.2 Å². The van der Waals surface area contributed by atoms with Crippen LogP contribution in [0.2, 0.25) is 0 Å². The van der Waals surface area contributed by atoms with Crippen LogP contribution >= 0.6 is 11.3 Å². The Bertz CT molecular complexity index is 500. The summed E-state index contributed by atoms with van der Waals surface area (Å²) >= 11 is 1.22. The molecule has 0 spiro atoms. The maximum Gasteiger partial charge on any atom is 0.328 e. The SMILES string of the molecule is CC(C)N(C=O)c1cc(C(C)(C)C)sc1C(=O)N=O. The van der Waals surface area contributed by atoms with Gasteiger partial charge in [0.1, 0.15) is 4.88 Å². The summed E-state index contributed by atoms with van der Waals surface area (Å²) in [4.78, 5) is 35.9. The lowest BCUT2D eigenvalue weighted by atomic mass is 9.94. The van der Waals surface area contributed by atoms with E-state index in [1.54, 1.807) is 6.07 Å². The van der Waals surface area contributed by atoms with E-state index in [-0.39, 0.29) is 16.3 Å². The van der Waals surface area contributed by atoms with Gasteiger partial charge in [-0.2, -0.15) is 0 Å². The van der Waals surface area contributed by atoms with E-state index in [2.05, 4.69) is 5.18 Å². The molecular weight excluding hydrogens is 264 g/mol. The average Bonchev–Trinajstić information content (AvgIpc) is 2.73. The molecule has 1 rings (SSSR count). The van der Waals surface area contributed by atoms with Crippen molar-refractivity contribution >= 4 is 29.3 Å². The van der Waals surface area contributed by atoms with Crippen molar-refractivity contribution in [2.75, 3.05) is 4.90 Å². The molecular formula is C13H18N2O3S. The predicted molar refractivity (Wildman–Crippen MR) is 76.8 cm³/mol. The van der Waals surface area contributed by atoms with Gasteiger partial charge >= 0.3 is 5.91 Å². The lowest BCUT2D eigenvalue weighted by Gasteiger charge is -2.21. The molecule has 0 aromatic carbocycles. The Hall–Kier alpha value is -1.56. The quantitative estimate of drug-likeness (QED) is 0.628. The topological polar surface area (TPSA) is 66.8 Å². The zero-order valence-corrected chi connectivity index (χ0v) is 12.6. The Balaban J connectivity index is 3.43. The van der Waals surface area contributed by atoms with Gasteiger partial charge in [0, 0.05) is 16.1 Å². The van der Waals surface area contributed by atoms with E-state index >= 15 is 0 Å². The van der Waals surface area contributed by atoms with Crippen molar-refractivity contribution in [1.29, 1.82) is 0 Å². The van der Waals surface area contributed by atoms with Crippen molar-refractivity contribution in [2.24, 2.45) is 5.18 Å². The monoisotopic (exact) mass is 282 g/mol. The first kappa shape index (κ1) is 15.5. The zero-order chi connectivity index (χ0) is 14.8. The maximum absolute atomic E-state index is 11.6. The van der Waals surface area contributed by atoms with Gasteiger partial charge < -0.3 is 4.90 Å². The van der Waals surface area contributed by atoms with Gasteiger partial charge in [0.25, 0.3) is 0 Å². The van der Waals surface area contributed by atoms with Crippen LogP contribution in [0, 0.1) is 4.91 Å². The fourth-order valence-electron chi connectivity index (χ4n) is 1.59. The number of rotatable bonds is 4. The normalized spacial score (nSPS) is 11.5. The van der Waals surface area contributed by atoms with Crippen molar-refractivity contribution in [3.63, 3.8) is 0 Å². The van der Waals surface area contributed by atoms with Crippen LogP contribution in [0.25, 0.3) is 0 Å². The molecule has 0 bridgehead atoms. The molecule has 0 aliphatic carbocycles. The van der Waals surface area contributed by atoms with Crippen molar-refractivity contribution in [1.82, 2.24) is 0 Å². The highest BCUT2D eigenvalue weighted by atomic mass is 32.1. The first-order valence-corrected chi connectivity index (χ1v) is 6.79. The number of hydrogen-bond donors (Lipinski definition) is 0. The molecule has 0 unspecified atom stereocenters. The summed E-state index contributed by atoms with van der Waals surface area (Å²) < 4.78 is 0. The highest BCUT2D eigenvalue weighted by Gasteiger charge is 2.27. The molecule has 6 heteroatoms. The van der Waals surface area contributed by atoms with Crippen LogP contribution < -0.4 is 4.90 Å². The summed E-state index contributed by atoms with van der Waals surface area (Å²) in [5.74, 6) is -0.831. The van der Waals surface area contributed by atoms with Crippen LogP contribution in [0.3, 0.4) is 0 Å². The number of carbonyl (C=O) groups excluding carboxylic acids is 2. The molecule has 2 amide bonds. The van der Waals surface area contributed by atoms with E-state index < -0.39 is 5.91 Å². The second-order valence-electron chi connectivity index (χ2n) is 5.58. The molecule has 1 aromatic heterocycles. The third-order valence-corrected chi connectivity index (χ3v) is 4.21. The zero-order valence-electron chi connectivity index (χ0n) is 11.8. The second-order valence-corrected chi connectivity index (χ2v) is 6.63. The minimum absolute atomic E-state index is 0.0990. The molecule has 0 fully saturated rings. The van der Waals surface area contributed by atoms with Gasteiger partial charge in [-0.3, -0.25) is 9.59 Å². The van der Waals surface area contributed by atoms with E-state index in [1.165, 1.54) is 16.2 Å². The summed E-state index contributed by atoms with van der Waals surface area (Å²) in [5.41, 5.74) is 0.302. The third-order valence-electron chi connectivity index (χ3n) is 2.68. The fourth-order valence-corrected chi connectivity index (χ4v) is 2.68. The summed E-state index contributed by atoms with van der Waals surface area (Å²) in [6.45, 7) is 9.69. The average molecular weight is 282 g/mol. The van der Waals surface area contributed by atoms with Crippen molar-refractivity contribution in [2.45, 2.75) is 46.1 Å². The summed E-state index contributed by atoms with van der Waals surface area (Å²) in [7, 11) is 0. The van der Waals surface area contributed by atoms with Gasteiger partial charge in [-0.25, -0.2) is 0 Å². The van der Waals surface area contributed by atoms with E-state index in [0.717, 1.165) is 4.88 Å². The molecule has 0 atom stereocenters. The van der Waals surface area contributed by atoms with Gasteiger partial charge in [0.2, 0.25) is 6.41 Å². The number of carbonyl (C=O) groups is 2. The number of thiophene rings is 1. The van der Waals surface area contributed by atoms with Gasteiger partial charge in [0.15, 0.2) is 0 Å². The number of amides is 2. The molecule has 5 nitrogen and oxygen atoms in total. The Morgan fingerprint density at radius 1 is 1.42 bits per heavy atom. The molecule has 0 N–H and O–H groups in total. The van der Waals surface area contributed by atoms with E-state index in [9.17, 15) is 14.5 Å². The predicted octanol–water partition coefficient (Wildman–Crippen LogP) is 3.32. The van der Waals surface area contributed by atoms with Gasteiger partial charge in [-0.15, -0.1) is 16.2 Å². The van der Waals surface area contributed by atoms with Crippen molar-refractivity contribution in [3.8, 4) is 0 Å². The standard InChI is InChI=1S/C13H18N2O3S/c1-8(2)15(7-16)9-6-10(13(3,4)5)19-11(9)12(17)14-18/h6-8H,1-5H3. The first-order chi connectivity index (χ1) is 8.72. The van der Waals surface area contributed by atoms with E-state index in [0.29, 0.717) is 12.1 Å². The molecule has 0 aliphatic heterocycles. The Morgan fingerprint density at radius 2 is 2.00 bits per heavy atom. The summed E-state index contributed by atoms with van der Waals surface area (Å²) in [6.07, 6.45) is 0.667. The van der Waals surface area contributed by atoms with Crippen LogP contribution in [0.15, 0.2) is 11.2 Å². The molecule has 0 saturated heterocycles.